The van der Waals surface area contributed by atoms with E-state index in [-0.39, 0.29) is 0 Å². The zero-order chi connectivity index (χ0) is 18.8. The number of anilines is 1. The molecule has 0 atom stereocenters. The summed E-state index contributed by atoms with van der Waals surface area (Å²) < 4.78 is 5.37. The van der Waals surface area contributed by atoms with Gasteiger partial charge in [0.05, 0.1) is 12.6 Å². The number of rotatable bonds is 4. The number of aryl methyl sites for hydroxylation is 1. The van der Waals surface area contributed by atoms with Gasteiger partial charge in [-0.25, -0.2) is 9.97 Å². The van der Waals surface area contributed by atoms with Gasteiger partial charge in [-0.05, 0) is 53.9 Å². The summed E-state index contributed by atoms with van der Waals surface area (Å²) in [4.78, 5) is 13.7. The van der Waals surface area contributed by atoms with Gasteiger partial charge < -0.3 is 10.1 Å². The lowest BCUT2D eigenvalue weighted by atomic mass is 9.97. The van der Waals surface area contributed by atoms with Crippen LogP contribution in [-0.2, 0) is 0 Å². The lowest BCUT2D eigenvalue weighted by molar-refractivity contribution is 0.415. The standard InChI is InChI=1S/C22H20N4O/c1-14-18(15-6-4-8-17(12-15)27-3)9-10-19-20(14)25-21(26-22(19)23-2)16-7-5-11-24-13-16/h4-13H,1-3H3,(H,23,25,26). The minimum absolute atomic E-state index is 0.658. The molecule has 2 aromatic heterocycles. The zero-order valence-electron chi connectivity index (χ0n) is 15.5. The van der Waals surface area contributed by atoms with Crippen molar-refractivity contribution >= 4 is 16.7 Å². The zero-order valence-corrected chi connectivity index (χ0v) is 15.5. The summed E-state index contributed by atoms with van der Waals surface area (Å²) in [6.07, 6.45) is 3.53. The molecule has 5 nitrogen and oxygen atoms in total. The highest BCUT2D eigenvalue weighted by molar-refractivity contribution is 5.96. The number of hydrogen-bond acceptors (Lipinski definition) is 5. The summed E-state index contributed by atoms with van der Waals surface area (Å²) in [7, 11) is 3.55. The summed E-state index contributed by atoms with van der Waals surface area (Å²) in [5, 5.41) is 4.19. The predicted molar refractivity (Wildman–Crippen MR) is 109 cm³/mol. The molecule has 0 fully saturated rings. The quantitative estimate of drug-likeness (QED) is 0.573. The van der Waals surface area contributed by atoms with Gasteiger partial charge in [0.15, 0.2) is 5.82 Å². The SMILES string of the molecule is CNc1nc(-c2cccnc2)nc2c(C)c(-c3cccc(OC)c3)ccc12. The molecule has 2 aromatic carbocycles. The second-order valence-corrected chi connectivity index (χ2v) is 6.25. The fourth-order valence-electron chi connectivity index (χ4n) is 3.25. The molecular formula is C22H20N4O. The molecule has 0 spiro atoms. The Balaban J connectivity index is 1.95. The number of pyridine rings is 1. The van der Waals surface area contributed by atoms with Crippen molar-refractivity contribution in [3.63, 3.8) is 0 Å². The summed E-state index contributed by atoms with van der Waals surface area (Å²) in [6, 6.07) is 16.1. The monoisotopic (exact) mass is 356 g/mol. The minimum atomic E-state index is 0.658. The van der Waals surface area contributed by atoms with E-state index in [1.54, 1.807) is 19.5 Å². The van der Waals surface area contributed by atoms with Crippen LogP contribution >= 0.6 is 0 Å². The Bertz CT molecular complexity index is 1110. The Hall–Kier alpha value is -3.47. The van der Waals surface area contributed by atoms with Gasteiger partial charge >= 0.3 is 0 Å². The molecule has 0 bridgehead atoms. The summed E-state index contributed by atoms with van der Waals surface area (Å²) in [5.41, 5.74) is 5.14. The van der Waals surface area contributed by atoms with Crippen molar-refractivity contribution in [3.05, 3.63) is 66.5 Å². The van der Waals surface area contributed by atoms with E-state index in [2.05, 4.69) is 40.4 Å². The lowest BCUT2D eigenvalue weighted by Gasteiger charge is -2.14. The molecule has 134 valence electrons. The Morgan fingerprint density at radius 1 is 0.963 bits per heavy atom. The van der Waals surface area contributed by atoms with Crippen LogP contribution < -0.4 is 10.1 Å². The highest BCUT2D eigenvalue weighted by Gasteiger charge is 2.14. The number of fused-ring (bicyclic) bond motifs is 1. The van der Waals surface area contributed by atoms with Crippen LogP contribution in [0.15, 0.2) is 60.9 Å². The first-order chi connectivity index (χ1) is 13.2. The summed E-state index contributed by atoms with van der Waals surface area (Å²) >= 11 is 0. The Labute approximate surface area is 158 Å². The average molecular weight is 356 g/mol. The third-order valence-corrected chi connectivity index (χ3v) is 4.66. The molecule has 1 N–H and O–H groups in total. The van der Waals surface area contributed by atoms with Gasteiger partial charge in [-0.1, -0.05) is 18.2 Å². The van der Waals surface area contributed by atoms with E-state index in [0.29, 0.717) is 5.82 Å². The molecule has 2 heterocycles. The van der Waals surface area contributed by atoms with Gasteiger partial charge in [-0.3, -0.25) is 4.98 Å². The maximum Gasteiger partial charge on any atom is 0.163 e. The second-order valence-electron chi connectivity index (χ2n) is 6.25. The predicted octanol–water partition coefficient (Wildman–Crippen LogP) is 4.72. The smallest absolute Gasteiger partial charge is 0.163 e. The van der Waals surface area contributed by atoms with E-state index in [1.807, 2.05) is 37.4 Å². The second kappa shape index (κ2) is 7.03. The van der Waals surface area contributed by atoms with Crippen LogP contribution in [-0.4, -0.2) is 29.1 Å². The molecule has 0 amide bonds. The number of ether oxygens (including phenoxy) is 1. The first-order valence-corrected chi connectivity index (χ1v) is 8.75. The lowest BCUT2D eigenvalue weighted by Crippen LogP contribution is -2.01. The number of nitrogens with zero attached hydrogens (tertiary/aromatic N) is 3. The van der Waals surface area contributed by atoms with Gasteiger partial charge in [-0.2, -0.15) is 0 Å². The topological polar surface area (TPSA) is 59.9 Å². The van der Waals surface area contributed by atoms with Crippen molar-refractivity contribution in [3.8, 4) is 28.3 Å². The van der Waals surface area contributed by atoms with Crippen LogP contribution in [0.5, 0.6) is 5.75 Å². The van der Waals surface area contributed by atoms with E-state index in [4.69, 9.17) is 9.72 Å². The van der Waals surface area contributed by atoms with Crippen LogP contribution in [0.2, 0.25) is 0 Å². The number of nitrogens with one attached hydrogen (secondary N) is 1. The molecule has 27 heavy (non-hydrogen) atoms. The highest BCUT2D eigenvalue weighted by atomic mass is 16.5. The van der Waals surface area contributed by atoms with Crippen molar-refractivity contribution in [2.45, 2.75) is 6.92 Å². The molecule has 0 saturated carbocycles. The van der Waals surface area contributed by atoms with Gasteiger partial charge in [0.2, 0.25) is 0 Å². The molecule has 4 rings (SSSR count). The number of benzene rings is 2. The van der Waals surface area contributed by atoms with E-state index >= 15 is 0 Å². The average Bonchev–Trinajstić information content (AvgIpc) is 2.74. The molecule has 0 aliphatic rings. The van der Waals surface area contributed by atoms with Gasteiger partial charge in [-0.15, -0.1) is 0 Å². The Kier molecular flexibility index (Phi) is 4.42. The van der Waals surface area contributed by atoms with E-state index < -0.39 is 0 Å². The third-order valence-electron chi connectivity index (χ3n) is 4.66. The van der Waals surface area contributed by atoms with Gasteiger partial charge in [0, 0.05) is 30.4 Å². The van der Waals surface area contributed by atoms with Crippen LogP contribution in [0, 0.1) is 6.92 Å². The Morgan fingerprint density at radius 3 is 2.56 bits per heavy atom. The number of aromatic nitrogens is 3. The number of methoxy groups -OCH3 is 1. The van der Waals surface area contributed by atoms with E-state index in [1.165, 1.54) is 0 Å². The molecule has 4 aromatic rings. The fraction of sp³-hybridized carbons (Fsp3) is 0.136. The van der Waals surface area contributed by atoms with Crippen molar-refractivity contribution in [1.82, 2.24) is 15.0 Å². The van der Waals surface area contributed by atoms with E-state index in [9.17, 15) is 0 Å². The third kappa shape index (κ3) is 3.08. The molecule has 0 aliphatic heterocycles. The first-order valence-electron chi connectivity index (χ1n) is 8.75. The van der Waals surface area contributed by atoms with Crippen molar-refractivity contribution in [1.29, 1.82) is 0 Å². The summed E-state index contributed by atoms with van der Waals surface area (Å²) in [5.74, 6) is 2.30. The van der Waals surface area contributed by atoms with Crippen LogP contribution in [0.3, 0.4) is 0 Å². The first kappa shape index (κ1) is 17.0. The van der Waals surface area contributed by atoms with Crippen molar-refractivity contribution in [2.75, 3.05) is 19.5 Å². The maximum atomic E-state index is 5.37. The highest BCUT2D eigenvalue weighted by Crippen LogP contribution is 2.33. The molecule has 5 heteroatoms. The number of hydrogen-bond donors (Lipinski definition) is 1. The molecule has 0 saturated heterocycles. The van der Waals surface area contributed by atoms with Crippen LogP contribution in [0.25, 0.3) is 33.4 Å². The fourth-order valence-corrected chi connectivity index (χ4v) is 3.25. The molecule has 0 unspecified atom stereocenters. The molecule has 0 aliphatic carbocycles. The van der Waals surface area contributed by atoms with E-state index in [0.717, 1.165) is 44.7 Å². The largest absolute Gasteiger partial charge is 0.497 e. The minimum Gasteiger partial charge on any atom is -0.497 e. The van der Waals surface area contributed by atoms with Crippen molar-refractivity contribution < 1.29 is 4.74 Å². The molecular weight excluding hydrogens is 336 g/mol. The molecule has 0 radical (unpaired) electrons. The maximum absolute atomic E-state index is 5.37. The van der Waals surface area contributed by atoms with Gasteiger partial charge in [0.1, 0.15) is 11.6 Å². The summed E-state index contributed by atoms with van der Waals surface area (Å²) in [6.45, 7) is 2.09. The van der Waals surface area contributed by atoms with Crippen molar-refractivity contribution in [2.24, 2.45) is 0 Å². The Morgan fingerprint density at radius 2 is 1.81 bits per heavy atom. The van der Waals surface area contributed by atoms with Crippen LogP contribution in [0.4, 0.5) is 5.82 Å². The van der Waals surface area contributed by atoms with Gasteiger partial charge in [0.25, 0.3) is 0 Å². The normalized spacial score (nSPS) is 10.8. The van der Waals surface area contributed by atoms with Crippen LogP contribution in [0.1, 0.15) is 5.56 Å².